The number of amides is 2. The summed E-state index contributed by atoms with van der Waals surface area (Å²) >= 11 is 0. The lowest BCUT2D eigenvalue weighted by molar-refractivity contribution is -0.137. The number of rotatable bonds is 4. The fourth-order valence-corrected chi connectivity index (χ4v) is 5.22. The van der Waals surface area contributed by atoms with E-state index in [1.54, 1.807) is 0 Å². The van der Waals surface area contributed by atoms with Crippen molar-refractivity contribution in [1.29, 1.82) is 0 Å². The van der Waals surface area contributed by atoms with Crippen LogP contribution in [-0.2, 0) is 9.59 Å². The lowest BCUT2D eigenvalue weighted by Gasteiger charge is -2.34. The molecule has 1 aromatic heterocycles. The van der Waals surface area contributed by atoms with Crippen molar-refractivity contribution in [3.63, 3.8) is 0 Å². The summed E-state index contributed by atoms with van der Waals surface area (Å²) in [4.78, 5) is 45.0. The number of para-hydroxylation sites is 2. The van der Waals surface area contributed by atoms with E-state index in [-0.39, 0.29) is 41.9 Å². The van der Waals surface area contributed by atoms with Crippen LogP contribution in [0.5, 0.6) is 0 Å². The number of nitrogens with one attached hydrogen (secondary N) is 1. The van der Waals surface area contributed by atoms with Gasteiger partial charge in [0.25, 0.3) is 0 Å². The maximum atomic E-state index is 13.2. The van der Waals surface area contributed by atoms with Crippen molar-refractivity contribution in [3.8, 4) is 0 Å². The van der Waals surface area contributed by atoms with Crippen molar-refractivity contribution in [2.45, 2.75) is 38.3 Å². The van der Waals surface area contributed by atoms with Gasteiger partial charge >= 0.3 is 5.69 Å². The number of likely N-dealkylation sites (tertiary alicyclic amines) is 2. The summed E-state index contributed by atoms with van der Waals surface area (Å²) in [5.41, 5.74) is 2.74. The second-order valence-corrected chi connectivity index (χ2v) is 8.91. The number of hydrogen-bond donors (Lipinski definition) is 1. The molecular weight excluding hydrogens is 404 g/mol. The van der Waals surface area contributed by atoms with Gasteiger partial charge in [0.15, 0.2) is 0 Å². The van der Waals surface area contributed by atoms with Gasteiger partial charge in [0.1, 0.15) is 0 Å². The molecule has 1 N–H and O–H groups in total. The summed E-state index contributed by atoms with van der Waals surface area (Å²) in [5.74, 6) is -0.188. The van der Waals surface area contributed by atoms with Crippen LogP contribution in [0.25, 0.3) is 11.0 Å². The van der Waals surface area contributed by atoms with E-state index < -0.39 is 0 Å². The fraction of sp³-hybridized carbons (Fsp3) is 0.400. The molecule has 5 rings (SSSR count). The standard InChI is InChI=1S/C25H28N4O3/c1-17(18-7-3-2-4-8-18)28-16-19(15-23(28)30)24(31)27-13-11-20(12-14-27)29-22-10-6-5-9-21(22)26-25(29)32/h2-10,17,19-20H,11-16H2,1H3,(H,26,32). The van der Waals surface area contributed by atoms with Crippen molar-refractivity contribution >= 4 is 22.8 Å². The minimum Gasteiger partial charge on any atom is -0.342 e. The van der Waals surface area contributed by atoms with Crippen LogP contribution in [0.3, 0.4) is 0 Å². The maximum Gasteiger partial charge on any atom is 0.326 e. The highest BCUT2D eigenvalue weighted by Crippen LogP contribution is 2.31. The first-order valence-electron chi connectivity index (χ1n) is 11.4. The zero-order valence-electron chi connectivity index (χ0n) is 18.2. The predicted molar refractivity (Wildman–Crippen MR) is 122 cm³/mol. The number of imidazole rings is 1. The molecule has 7 heteroatoms. The van der Waals surface area contributed by atoms with Crippen molar-refractivity contribution in [2.75, 3.05) is 19.6 Å². The topological polar surface area (TPSA) is 78.4 Å². The number of nitrogens with zero attached hydrogens (tertiary/aromatic N) is 3. The number of hydrogen-bond acceptors (Lipinski definition) is 3. The molecule has 2 aliphatic heterocycles. The van der Waals surface area contributed by atoms with Gasteiger partial charge in [0.2, 0.25) is 11.8 Å². The molecule has 2 unspecified atom stereocenters. The minimum atomic E-state index is -0.291. The summed E-state index contributed by atoms with van der Waals surface area (Å²) in [7, 11) is 0. The Morgan fingerprint density at radius 1 is 1.00 bits per heavy atom. The van der Waals surface area contributed by atoms with Gasteiger partial charge < -0.3 is 14.8 Å². The highest BCUT2D eigenvalue weighted by Gasteiger charge is 2.39. The number of carbonyl (C=O) groups excluding carboxylic acids is 2. The van der Waals surface area contributed by atoms with E-state index in [1.165, 1.54) is 0 Å². The van der Waals surface area contributed by atoms with Crippen LogP contribution < -0.4 is 5.69 Å². The molecule has 0 radical (unpaired) electrons. The summed E-state index contributed by atoms with van der Waals surface area (Å²) in [6, 6.07) is 17.7. The normalized spacial score (nSPS) is 20.8. The first kappa shape index (κ1) is 20.5. The minimum absolute atomic E-state index is 0.0408. The Bertz CT molecular complexity index is 1190. The second-order valence-electron chi connectivity index (χ2n) is 8.91. The van der Waals surface area contributed by atoms with Crippen molar-refractivity contribution in [3.05, 3.63) is 70.6 Å². The average Bonchev–Trinajstić information content (AvgIpc) is 3.38. The number of H-pyrrole nitrogens is 1. The van der Waals surface area contributed by atoms with Crippen LogP contribution in [0.2, 0.25) is 0 Å². The van der Waals surface area contributed by atoms with Gasteiger partial charge in [-0.2, -0.15) is 0 Å². The van der Waals surface area contributed by atoms with Gasteiger partial charge in [0, 0.05) is 32.1 Å². The molecular formula is C25H28N4O3. The van der Waals surface area contributed by atoms with E-state index in [0.717, 1.165) is 29.4 Å². The summed E-state index contributed by atoms with van der Waals surface area (Å²) in [5, 5.41) is 0. The Morgan fingerprint density at radius 2 is 1.69 bits per heavy atom. The molecule has 0 spiro atoms. The lowest BCUT2D eigenvalue weighted by Crippen LogP contribution is -2.43. The molecule has 3 heterocycles. The smallest absolute Gasteiger partial charge is 0.326 e. The molecule has 7 nitrogen and oxygen atoms in total. The van der Waals surface area contributed by atoms with Crippen LogP contribution in [0, 0.1) is 5.92 Å². The van der Waals surface area contributed by atoms with E-state index >= 15 is 0 Å². The first-order valence-corrected chi connectivity index (χ1v) is 11.4. The molecule has 2 saturated heterocycles. The number of carbonyl (C=O) groups is 2. The molecule has 0 saturated carbocycles. The first-order chi connectivity index (χ1) is 15.5. The molecule has 0 aliphatic carbocycles. The largest absolute Gasteiger partial charge is 0.342 e. The molecule has 166 valence electrons. The van der Waals surface area contributed by atoms with Gasteiger partial charge in [-0.1, -0.05) is 42.5 Å². The van der Waals surface area contributed by atoms with E-state index in [9.17, 15) is 14.4 Å². The van der Waals surface area contributed by atoms with E-state index in [2.05, 4.69) is 4.98 Å². The molecule has 2 atom stereocenters. The molecule has 32 heavy (non-hydrogen) atoms. The third kappa shape index (κ3) is 3.61. The van der Waals surface area contributed by atoms with Crippen molar-refractivity contribution in [2.24, 2.45) is 5.92 Å². The van der Waals surface area contributed by atoms with E-state index in [4.69, 9.17) is 0 Å². The summed E-state index contributed by atoms with van der Waals surface area (Å²) in [6.45, 7) is 3.70. The monoisotopic (exact) mass is 432 g/mol. The Morgan fingerprint density at radius 3 is 2.44 bits per heavy atom. The SMILES string of the molecule is CC(c1ccccc1)N1CC(C(=O)N2CCC(n3c(=O)[nH]c4ccccc43)CC2)CC1=O. The third-order valence-corrected chi connectivity index (χ3v) is 7.02. The number of fused-ring (bicyclic) bond motifs is 1. The molecule has 2 amide bonds. The Hall–Kier alpha value is -3.35. The quantitative estimate of drug-likeness (QED) is 0.688. The molecule has 2 aromatic carbocycles. The summed E-state index contributed by atoms with van der Waals surface area (Å²) < 4.78 is 1.83. The highest BCUT2D eigenvalue weighted by atomic mass is 16.2. The van der Waals surface area contributed by atoms with Gasteiger partial charge in [-0.3, -0.25) is 14.2 Å². The van der Waals surface area contributed by atoms with E-state index in [0.29, 0.717) is 19.6 Å². The lowest BCUT2D eigenvalue weighted by atomic mass is 10.0. The van der Waals surface area contributed by atoms with Crippen LogP contribution in [0.15, 0.2) is 59.4 Å². The van der Waals surface area contributed by atoms with Gasteiger partial charge in [-0.25, -0.2) is 4.79 Å². The third-order valence-electron chi connectivity index (χ3n) is 7.02. The average molecular weight is 433 g/mol. The number of aromatic amines is 1. The number of benzene rings is 2. The fourth-order valence-electron chi connectivity index (χ4n) is 5.22. The summed E-state index contributed by atoms with van der Waals surface area (Å²) in [6.07, 6.45) is 1.74. The van der Waals surface area contributed by atoms with Crippen LogP contribution in [-0.4, -0.2) is 50.8 Å². The Kier molecular flexibility index (Phi) is 5.33. The molecule has 2 aliphatic rings. The van der Waals surface area contributed by atoms with Crippen molar-refractivity contribution in [1.82, 2.24) is 19.4 Å². The molecule has 3 aromatic rings. The predicted octanol–water partition coefficient (Wildman–Crippen LogP) is 3.10. The van der Waals surface area contributed by atoms with Crippen molar-refractivity contribution < 1.29 is 9.59 Å². The number of piperidine rings is 1. The van der Waals surface area contributed by atoms with E-state index in [1.807, 2.05) is 75.9 Å². The number of aromatic nitrogens is 2. The maximum absolute atomic E-state index is 13.2. The zero-order valence-corrected chi connectivity index (χ0v) is 18.2. The van der Waals surface area contributed by atoms with Crippen LogP contribution in [0.1, 0.15) is 43.8 Å². The highest BCUT2D eigenvalue weighted by molar-refractivity contribution is 5.89. The Balaban J connectivity index is 1.23. The second kappa shape index (κ2) is 8.30. The van der Waals surface area contributed by atoms with Crippen LogP contribution >= 0.6 is 0 Å². The Labute approximate surface area is 186 Å². The van der Waals surface area contributed by atoms with Crippen LogP contribution in [0.4, 0.5) is 0 Å². The molecule has 2 fully saturated rings. The molecule has 0 bridgehead atoms. The van der Waals surface area contributed by atoms with Gasteiger partial charge in [-0.05, 0) is 37.5 Å². The van der Waals surface area contributed by atoms with Gasteiger partial charge in [-0.15, -0.1) is 0 Å². The zero-order chi connectivity index (χ0) is 22.2. The van der Waals surface area contributed by atoms with Gasteiger partial charge in [0.05, 0.1) is 23.0 Å².